The molecular weight excluding hydrogens is 260 g/mol. The van der Waals surface area contributed by atoms with Gasteiger partial charge in [0.15, 0.2) is 0 Å². The van der Waals surface area contributed by atoms with Crippen LogP contribution in [0, 0.1) is 0 Å². The van der Waals surface area contributed by atoms with Crippen molar-refractivity contribution in [1.29, 1.82) is 0 Å². The molecule has 1 saturated heterocycles. The summed E-state index contributed by atoms with van der Waals surface area (Å²) in [5.74, 6) is 0. The minimum atomic E-state index is 0.122. The highest BCUT2D eigenvalue weighted by Crippen LogP contribution is 2.33. The summed E-state index contributed by atoms with van der Waals surface area (Å²) in [6.45, 7) is 13.7. The Labute approximate surface area is 129 Å². The molecule has 120 valence electrons. The van der Waals surface area contributed by atoms with Gasteiger partial charge in [-0.25, -0.2) is 0 Å². The van der Waals surface area contributed by atoms with E-state index < -0.39 is 0 Å². The maximum atomic E-state index is 4.53. The van der Waals surface area contributed by atoms with E-state index in [0.29, 0.717) is 6.04 Å². The second kappa shape index (κ2) is 7.41. The van der Waals surface area contributed by atoms with Gasteiger partial charge in [0.1, 0.15) is 0 Å². The molecule has 1 aromatic heterocycles. The molecule has 1 aromatic rings. The third-order valence-electron chi connectivity index (χ3n) is 4.71. The summed E-state index contributed by atoms with van der Waals surface area (Å²) in [5.41, 5.74) is 1.46. The molecule has 1 atom stereocenters. The first kappa shape index (κ1) is 16.5. The Morgan fingerprint density at radius 3 is 2.57 bits per heavy atom. The smallest absolute Gasteiger partial charge is 0.0673 e. The van der Waals surface area contributed by atoms with Gasteiger partial charge >= 0.3 is 0 Å². The first-order valence-electron chi connectivity index (χ1n) is 8.61. The van der Waals surface area contributed by atoms with Crippen molar-refractivity contribution in [2.45, 2.75) is 71.5 Å². The number of aryl methyl sites for hydroxylation is 1. The highest BCUT2D eigenvalue weighted by Gasteiger charge is 2.38. The molecule has 0 radical (unpaired) electrons. The molecule has 2 rings (SSSR count). The predicted molar refractivity (Wildman–Crippen MR) is 88.4 cm³/mol. The van der Waals surface area contributed by atoms with Gasteiger partial charge in [-0.1, -0.05) is 13.8 Å². The molecular formula is C17H32N4. The van der Waals surface area contributed by atoms with Crippen LogP contribution in [0.3, 0.4) is 0 Å². The van der Waals surface area contributed by atoms with Gasteiger partial charge < -0.3 is 5.32 Å². The van der Waals surface area contributed by atoms with Crippen molar-refractivity contribution in [3.05, 3.63) is 18.0 Å². The Morgan fingerprint density at radius 2 is 1.95 bits per heavy atom. The fourth-order valence-electron chi connectivity index (χ4n) is 3.47. The number of hydrogen-bond donors (Lipinski definition) is 1. The average Bonchev–Trinajstić information content (AvgIpc) is 3.11. The Morgan fingerprint density at radius 1 is 1.24 bits per heavy atom. The zero-order valence-electron chi connectivity index (χ0n) is 14.2. The number of hydrogen-bond acceptors (Lipinski definition) is 3. The Balaban J connectivity index is 2.25. The van der Waals surface area contributed by atoms with Crippen molar-refractivity contribution < 1.29 is 0 Å². The number of nitrogens with zero attached hydrogens (tertiary/aromatic N) is 3. The average molecular weight is 292 g/mol. The second-order valence-electron chi connectivity index (χ2n) is 6.71. The lowest BCUT2D eigenvalue weighted by molar-refractivity contribution is 0.102. The van der Waals surface area contributed by atoms with E-state index in [1.165, 1.54) is 31.6 Å². The molecule has 1 unspecified atom stereocenters. The quantitative estimate of drug-likeness (QED) is 0.798. The monoisotopic (exact) mass is 292 g/mol. The van der Waals surface area contributed by atoms with Crippen molar-refractivity contribution in [1.82, 2.24) is 20.0 Å². The topological polar surface area (TPSA) is 33.1 Å². The van der Waals surface area contributed by atoms with E-state index in [-0.39, 0.29) is 5.54 Å². The SMILES string of the molecule is CCCNC(c1ccnn1CCC)C(C)(C)N1CCCC1. The highest BCUT2D eigenvalue weighted by atomic mass is 15.3. The number of rotatable bonds is 8. The third kappa shape index (κ3) is 3.67. The van der Waals surface area contributed by atoms with Crippen molar-refractivity contribution >= 4 is 0 Å². The molecule has 0 saturated carbocycles. The molecule has 0 aliphatic carbocycles. The molecule has 0 aromatic carbocycles. The maximum Gasteiger partial charge on any atom is 0.0673 e. The van der Waals surface area contributed by atoms with Crippen LogP contribution in [0.5, 0.6) is 0 Å². The zero-order chi connectivity index (χ0) is 15.3. The van der Waals surface area contributed by atoms with Gasteiger partial charge in [-0.05, 0) is 65.2 Å². The number of likely N-dealkylation sites (tertiary alicyclic amines) is 1. The normalized spacial score (nSPS) is 18.3. The van der Waals surface area contributed by atoms with Gasteiger partial charge in [-0.3, -0.25) is 9.58 Å². The third-order valence-corrected chi connectivity index (χ3v) is 4.71. The van der Waals surface area contributed by atoms with Gasteiger partial charge in [-0.2, -0.15) is 5.10 Å². The van der Waals surface area contributed by atoms with Crippen molar-refractivity contribution in [3.8, 4) is 0 Å². The van der Waals surface area contributed by atoms with E-state index >= 15 is 0 Å². The largest absolute Gasteiger partial charge is 0.307 e. The lowest BCUT2D eigenvalue weighted by Gasteiger charge is -2.42. The summed E-state index contributed by atoms with van der Waals surface area (Å²) in [6, 6.07) is 2.53. The summed E-state index contributed by atoms with van der Waals surface area (Å²) < 4.78 is 2.19. The molecule has 0 spiro atoms. The van der Waals surface area contributed by atoms with Crippen LogP contribution in [0.1, 0.15) is 65.1 Å². The predicted octanol–water partition coefficient (Wildman–Crippen LogP) is 3.21. The number of aromatic nitrogens is 2. The highest BCUT2D eigenvalue weighted by molar-refractivity contribution is 5.14. The van der Waals surface area contributed by atoms with Crippen molar-refractivity contribution in [2.75, 3.05) is 19.6 Å². The van der Waals surface area contributed by atoms with Gasteiger partial charge in [0.2, 0.25) is 0 Å². The van der Waals surface area contributed by atoms with Crippen molar-refractivity contribution in [2.24, 2.45) is 0 Å². The minimum absolute atomic E-state index is 0.122. The molecule has 1 N–H and O–H groups in total. The molecule has 1 aliphatic heterocycles. The van der Waals surface area contributed by atoms with E-state index in [0.717, 1.165) is 25.9 Å². The van der Waals surface area contributed by atoms with Crippen LogP contribution >= 0.6 is 0 Å². The van der Waals surface area contributed by atoms with E-state index in [4.69, 9.17) is 0 Å². The van der Waals surface area contributed by atoms with Crippen LogP contribution in [-0.4, -0.2) is 39.9 Å². The van der Waals surface area contributed by atoms with E-state index in [1.54, 1.807) is 0 Å². The van der Waals surface area contributed by atoms with Crippen LogP contribution in [0.2, 0.25) is 0 Å². The molecule has 0 amide bonds. The molecule has 1 aliphatic rings. The van der Waals surface area contributed by atoms with Crippen LogP contribution in [0.25, 0.3) is 0 Å². The standard InChI is InChI=1S/C17H32N4/c1-5-10-18-16(15-9-11-19-21(15)12-6-2)17(3,4)20-13-7-8-14-20/h9,11,16,18H,5-8,10,12-14H2,1-4H3. The van der Waals surface area contributed by atoms with E-state index in [2.05, 4.69) is 53.8 Å². The fraction of sp³-hybridized carbons (Fsp3) is 0.824. The zero-order valence-corrected chi connectivity index (χ0v) is 14.2. The first-order valence-corrected chi connectivity index (χ1v) is 8.61. The second-order valence-corrected chi connectivity index (χ2v) is 6.71. The summed E-state index contributed by atoms with van der Waals surface area (Å²) in [4.78, 5) is 2.64. The Hall–Kier alpha value is -0.870. The fourth-order valence-corrected chi connectivity index (χ4v) is 3.47. The lowest BCUT2D eigenvalue weighted by atomic mass is 9.89. The molecule has 21 heavy (non-hydrogen) atoms. The summed E-state index contributed by atoms with van der Waals surface area (Å²) in [7, 11) is 0. The molecule has 2 heterocycles. The van der Waals surface area contributed by atoms with Crippen molar-refractivity contribution in [3.63, 3.8) is 0 Å². The van der Waals surface area contributed by atoms with Crippen LogP contribution < -0.4 is 5.32 Å². The first-order chi connectivity index (χ1) is 10.1. The molecule has 4 nitrogen and oxygen atoms in total. The summed E-state index contributed by atoms with van der Waals surface area (Å²) >= 11 is 0. The lowest BCUT2D eigenvalue weighted by Crippen LogP contribution is -2.52. The molecule has 4 heteroatoms. The van der Waals surface area contributed by atoms with Gasteiger partial charge in [0.25, 0.3) is 0 Å². The van der Waals surface area contributed by atoms with Gasteiger partial charge in [-0.15, -0.1) is 0 Å². The Bertz CT molecular complexity index is 418. The van der Waals surface area contributed by atoms with E-state index in [1.807, 2.05) is 6.20 Å². The number of nitrogens with one attached hydrogen (secondary N) is 1. The summed E-state index contributed by atoms with van der Waals surface area (Å²) in [5, 5.41) is 8.32. The Kier molecular flexibility index (Phi) is 5.82. The maximum absolute atomic E-state index is 4.53. The molecule has 0 bridgehead atoms. The molecule has 1 fully saturated rings. The van der Waals surface area contributed by atoms with Crippen LogP contribution in [-0.2, 0) is 6.54 Å². The minimum Gasteiger partial charge on any atom is -0.307 e. The van der Waals surface area contributed by atoms with Crippen LogP contribution in [0.4, 0.5) is 0 Å². The van der Waals surface area contributed by atoms with Gasteiger partial charge in [0, 0.05) is 18.3 Å². The van der Waals surface area contributed by atoms with Crippen LogP contribution in [0.15, 0.2) is 12.3 Å². The summed E-state index contributed by atoms with van der Waals surface area (Å²) in [6.07, 6.45) is 6.90. The van der Waals surface area contributed by atoms with E-state index in [9.17, 15) is 0 Å². The van der Waals surface area contributed by atoms with Gasteiger partial charge in [0.05, 0.1) is 11.7 Å².